The van der Waals surface area contributed by atoms with Gasteiger partial charge in [-0.05, 0) is 17.7 Å². The van der Waals surface area contributed by atoms with Crippen LogP contribution in [0.1, 0.15) is 16.8 Å². The molecule has 4 nitrogen and oxygen atoms in total. The van der Waals surface area contributed by atoms with Crippen LogP contribution in [-0.4, -0.2) is 20.0 Å². The molecule has 96 valence electrons. The van der Waals surface area contributed by atoms with E-state index in [4.69, 9.17) is 15.4 Å². The minimum atomic E-state index is -3.52. The number of ether oxygens (including phenoxy) is 1. The summed E-state index contributed by atoms with van der Waals surface area (Å²) in [5, 5.41) is 1.03. The Labute approximate surface area is 109 Å². The maximum absolute atomic E-state index is 11.1. The first-order valence-corrected chi connectivity index (χ1v) is 8.13. The van der Waals surface area contributed by atoms with Gasteiger partial charge in [-0.3, -0.25) is 0 Å². The lowest BCUT2D eigenvalue weighted by Crippen LogP contribution is -2.08. The fourth-order valence-corrected chi connectivity index (χ4v) is 3.32. The highest BCUT2D eigenvalue weighted by atomic mass is 35.7. The van der Waals surface area contributed by atoms with Crippen LogP contribution in [0.25, 0.3) is 10.9 Å². The third-order valence-electron chi connectivity index (χ3n) is 3.14. The molecule has 0 aliphatic carbocycles. The summed E-state index contributed by atoms with van der Waals surface area (Å²) in [4.78, 5) is 3.34. The van der Waals surface area contributed by atoms with Gasteiger partial charge in [-0.2, -0.15) is 0 Å². The number of nitrogens with one attached hydrogen (secondary N) is 1. The highest BCUT2D eigenvalue weighted by molar-refractivity contribution is 8.13. The number of fused-ring (bicyclic) bond motifs is 3. The van der Waals surface area contributed by atoms with Crippen molar-refractivity contribution in [1.29, 1.82) is 0 Å². The predicted octanol–water partition coefficient (Wildman–Crippen LogP) is 2.31. The zero-order valence-electron chi connectivity index (χ0n) is 9.57. The topological polar surface area (TPSA) is 59.2 Å². The van der Waals surface area contributed by atoms with E-state index in [0.717, 1.165) is 29.5 Å². The number of aromatic amines is 1. The van der Waals surface area contributed by atoms with Crippen molar-refractivity contribution in [2.24, 2.45) is 0 Å². The molecule has 1 aromatic carbocycles. The SMILES string of the molecule is O=S(=O)(Cl)Cc1ccc2[nH]c3c(c2c1)COCC3. The molecule has 0 saturated carbocycles. The van der Waals surface area contributed by atoms with Crippen molar-refractivity contribution in [2.75, 3.05) is 6.61 Å². The second-order valence-corrected chi connectivity index (χ2v) is 7.22. The highest BCUT2D eigenvalue weighted by Gasteiger charge is 2.16. The van der Waals surface area contributed by atoms with Crippen LogP contribution in [0.5, 0.6) is 0 Å². The van der Waals surface area contributed by atoms with E-state index in [2.05, 4.69) is 4.98 Å². The van der Waals surface area contributed by atoms with Crippen LogP contribution in [0.2, 0.25) is 0 Å². The number of halogens is 1. The number of hydrogen-bond donors (Lipinski definition) is 1. The molecule has 1 aromatic heterocycles. The Balaban J connectivity index is 2.11. The molecule has 6 heteroatoms. The molecule has 2 aromatic rings. The molecule has 1 aliphatic rings. The van der Waals surface area contributed by atoms with Gasteiger partial charge in [-0.15, -0.1) is 0 Å². The molecular weight excluding hydrogens is 274 g/mol. The van der Waals surface area contributed by atoms with Crippen molar-refractivity contribution < 1.29 is 13.2 Å². The van der Waals surface area contributed by atoms with Crippen LogP contribution in [0.4, 0.5) is 0 Å². The molecule has 0 amide bonds. The minimum absolute atomic E-state index is 0.148. The number of rotatable bonds is 2. The smallest absolute Gasteiger partial charge is 0.236 e. The molecule has 2 heterocycles. The third kappa shape index (κ3) is 2.25. The Morgan fingerprint density at radius 3 is 3.00 bits per heavy atom. The van der Waals surface area contributed by atoms with E-state index in [1.54, 1.807) is 6.07 Å². The van der Waals surface area contributed by atoms with Gasteiger partial charge < -0.3 is 9.72 Å². The van der Waals surface area contributed by atoms with E-state index in [1.165, 1.54) is 5.69 Å². The van der Waals surface area contributed by atoms with Crippen molar-refractivity contribution in [3.05, 3.63) is 35.0 Å². The molecule has 0 unspecified atom stereocenters. The van der Waals surface area contributed by atoms with E-state index < -0.39 is 9.05 Å². The summed E-state index contributed by atoms with van der Waals surface area (Å²) in [5.74, 6) is -0.148. The van der Waals surface area contributed by atoms with Crippen molar-refractivity contribution in [3.8, 4) is 0 Å². The third-order valence-corrected chi connectivity index (χ3v) is 4.15. The summed E-state index contributed by atoms with van der Waals surface area (Å²) >= 11 is 0. The van der Waals surface area contributed by atoms with Crippen LogP contribution in [0.15, 0.2) is 18.2 Å². The van der Waals surface area contributed by atoms with E-state index >= 15 is 0 Å². The largest absolute Gasteiger partial charge is 0.376 e. The zero-order valence-corrected chi connectivity index (χ0v) is 11.1. The molecule has 1 N–H and O–H groups in total. The van der Waals surface area contributed by atoms with Crippen LogP contribution >= 0.6 is 10.7 Å². The standard InChI is InChI=1S/C12H12ClNO3S/c13-18(15,16)7-8-1-2-11-9(5-8)10-6-17-4-3-12(10)14-11/h1-2,5,14H,3-4,6-7H2. The molecule has 18 heavy (non-hydrogen) atoms. The van der Waals surface area contributed by atoms with Crippen LogP contribution in [0.3, 0.4) is 0 Å². The Hall–Kier alpha value is -1.04. The molecule has 0 radical (unpaired) electrons. The highest BCUT2D eigenvalue weighted by Crippen LogP contribution is 2.28. The Bertz CT molecular complexity index is 705. The summed E-state index contributed by atoms with van der Waals surface area (Å²) in [6, 6.07) is 5.55. The van der Waals surface area contributed by atoms with Crippen molar-refractivity contribution in [3.63, 3.8) is 0 Å². The first-order chi connectivity index (χ1) is 8.53. The van der Waals surface area contributed by atoms with Crippen molar-refractivity contribution in [2.45, 2.75) is 18.8 Å². The van der Waals surface area contributed by atoms with Gasteiger partial charge in [0.05, 0.1) is 19.0 Å². The maximum Gasteiger partial charge on any atom is 0.236 e. The van der Waals surface area contributed by atoms with Crippen LogP contribution < -0.4 is 0 Å². The molecule has 1 aliphatic heterocycles. The molecule has 3 rings (SSSR count). The zero-order chi connectivity index (χ0) is 12.8. The minimum Gasteiger partial charge on any atom is -0.376 e. The van der Waals surface area contributed by atoms with Gasteiger partial charge in [-0.1, -0.05) is 6.07 Å². The summed E-state index contributed by atoms with van der Waals surface area (Å²) in [7, 11) is 1.76. The van der Waals surface area contributed by atoms with Gasteiger partial charge in [0.2, 0.25) is 9.05 Å². The lowest BCUT2D eigenvalue weighted by molar-refractivity contribution is 0.111. The van der Waals surface area contributed by atoms with E-state index in [9.17, 15) is 8.42 Å². The average Bonchev–Trinajstić information content (AvgIpc) is 2.65. The number of benzene rings is 1. The first-order valence-electron chi connectivity index (χ1n) is 5.65. The summed E-state index contributed by atoms with van der Waals surface area (Å²) < 4.78 is 27.6. The van der Waals surface area contributed by atoms with Gasteiger partial charge in [0.25, 0.3) is 0 Å². The lowest BCUT2D eigenvalue weighted by atomic mass is 10.1. The average molecular weight is 286 g/mol. The fourth-order valence-electron chi connectivity index (χ4n) is 2.37. The lowest BCUT2D eigenvalue weighted by Gasteiger charge is -2.11. The van der Waals surface area contributed by atoms with Crippen molar-refractivity contribution in [1.82, 2.24) is 4.98 Å². The molecule has 0 atom stereocenters. The molecule has 0 spiro atoms. The van der Waals surface area contributed by atoms with Gasteiger partial charge in [0, 0.05) is 39.3 Å². The fraction of sp³-hybridized carbons (Fsp3) is 0.333. The quantitative estimate of drug-likeness (QED) is 0.862. The Morgan fingerprint density at radius 2 is 2.22 bits per heavy atom. The van der Waals surface area contributed by atoms with Crippen LogP contribution in [0, 0.1) is 0 Å². The summed E-state index contributed by atoms with van der Waals surface area (Å²) in [6.45, 7) is 1.30. The van der Waals surface area contributed by atoms with E-state index in [1.807, 2.05) is 12.1 Å². The first kappa shape index (κ1) is 12.0. The number of H-pyrrole nitrogens is 1. The Morgan fingerprint density at radius 1 is 1.39 bits per heavy atom. The van der Waals surface area contributed by atoms with Gasteiger partial charge in [0.1, 0.15) is 0 Å². The maximum atomic E-state index is 11.1. The molecular formula is C12H12ClNO3S. The summed E-state index contributed by atoms with van der Waals surface area (Å²) in [6.07, 6.45) is 0.868. The van der Waals surface area contributed by atoms with Crippen LogP contribution in [-0.2, 0) is 32.6 Å². The molecule has 0 saturated heterocycles. The van der Waals surface area contributed by atoms with Gasteiger partial charge in [-0.25, -0.2) is 8.42 Å². The van der Waals surface area contributed by atoms with Crippen molar-refractivity contribution >= 4 is 30.6 Å². The number of hydrogen-bond acceptors (Lipinski definition) is 3. The number of aromatic nitrogens is 1. The van der Waals surface area contributed by atoms with E-state index in [-0.39, 0.29) is 5.75 Å². The predicted molar refractivity (Wildman–Crippen MR) is 70.1 cm³/mol. The monoisotopic (exact) mass is 285 g/mol. The second-order valence-electron chi connectivity index (χ2n) is 4.45. The van der Waals surface area contributed by atoms with Gasteiger partial charge >= 0.3 is 0 Å². The molecule has 0 fully saturated rings. The Kier molecular flexibility index (Phi) is 2.84. The van der Waals surface area contributed by atoms with E-state index in [0.29, 0.717) is 12.2 Å². The second kappa shape index (κ2) is 4.26. The van der Waals surface area contributed by atoms with Gasteiger partial charge in [0.15, 0.2) is 0 Å². The summed E-state index contributed by atoms with van der Waals surface area (Å²) in [5.41, 5.74) is 4.03. The molecule has 0 bridgehead atoms. The normalized spacial score (nSPS) is 15.8.